The van der Waals surface area contributed by atoms with Crippen molar-refractivity contribution in [2.75, 3.05) is 0 Å². The SMILES string of the molecule is CCc1cc(C2(C)CCCCC2)c(O)c(C2(C)CCCCC2)c1. The minimum atomic E-state index is 0.174. The Balaban J connectivity index is 2.08. The van der Waals surface area contributed by atoms with Crippen molar-refractivity contribution in [1.29, 1.82) is 0 Å². The fraction of sp³-hybridized carbons (Fsp3) is 0.727. The first-order valence-electron chi connectivity index (χ1n) is 9.85. The van der Waals surface area contributed by atoms with Gasteiger partial charge in [-0.3, -0.25) is 0 Å². The van der Waals surface area contributed by atoms with Crippen LogP contribution in [0.4, 0.5) is 0 Å². The van der Waals surface area contributed by atoms with Crippen LogP contribution < -0.4 is 0 Å². The highest BCUT2D eigenvalue weighted by Crippen LogP contribution is 2.49. The molecule has 0 saturated heterocycles. The fourth-order valence-corrected chi connectivity index (χ4v) is 5.02. The summed E-state index contributed by atoms with van der Waals surface area (Å²) < 4.78 is 0. The molecule has 128 valence electrons. The summed E-state index contributed by atoms with van der Waals surface area (Å²) in [4.78, 5) is 0. The molecule has 23 heavy (non-hydrogen) atoms. The summed E-state index contributed by atoms with van der Waals surface area (Å²) in [5.41, 5.74) is 4.25. The molecule has 1 nitrogen and oxygen atoms in total. The summed E-state index contributed by atoms with van der Waals surface area (Å²) in [5.74, 6) is 0.635. The van der Waals surface area contributed by atoms with E-state index in [0.717, 1.165) is 6.42 Å². The number of rotatable bonds is 3. The van der Waals surface area contributed by atoms with Crippen LogP contribution in [0.5, 0.6) is 5.75 Å². The average Bonchev–Trinajstić information content (AvgIpc) is 2.56. The highest BCUT2D eigenvalue weighted by atomic mass is 16.3. The van der Waals surface area contributed by atoms with Crippen molar-refractivity contribution in [2.24, 2.45) is 0 Å². The summed E-state index contributed by atoms with van der Waals surface area (Å²) in [6.45, 7) is 7.01. The third kappa shape index (κ3) is 3.16. The Morgan fingerprint density at radius 3 is 1.52 bits per heavy atom. The van der Waals surface area contributed by atoms with E-state index in [-0.39, 0.29) is 10.8 Å². The third-order valence-electron chi connectivity index (χ3n) is 6.79. The summed E-state index contributed by atoms with van der Waals surface area (Å²) in [7, 11) is 0. The molecule has 0 bridgehead atoms. The molecule has 2 saturated carbocycles. The van der Waals surface area contributed by atoms with Gasteiger partial charge in [0.2, 0.25) is 0 Å². The van der Waals surface area contributed by atoms with Crippen LogP contribution >= 0.6 is 0 Å². The molecule has 0 atom stereocenters. The minimum absolute atomic E-state index is 0.174. The molecule has 1 heteroatoms. The van der Waals surface area contributed by atoms with Crippen LogP contribution in [-0.2, 0) is 17.3 Å². The van der Waals surface area contributed by atoms with Gasteiger partial charge in [-0.15, -0.1) is 0 Å². The number of aryl methyl sites for hydroxylation is 1. The average molecular weight is 315 g/mol. The number of aromatic hydroxyl groups is 1. The zero-order valence-electron chi connectivity index (χ0n) is 15.4. The maximum Gasteiger partial charge on any atom is 0.123 e. The second-order valence-corrected chi connectivity index (χ2v) is 8.64. The summed E-state index contributed by atoms with van der Waals surface area (Å²) in [6.07, 6.45) is 13.9. The normalized spacial score (nSPS) is 23.6. The van der Waals surface area contributed by atoms with Crippen molar-refractivity contribution in [3.05, 3.63) is 28.8 Å². The van der Waals surface area contributed by atoms with Gasteiger partial charge in [-0.25, -0.2) is 0 Å². The first-order chi connectivity index (χ1) is 11.0. The molecule has 1 aromatic rings. The molecule has 0 radical (unpaired) electrons. The predicted molar refractivity (Wildman–Crippen MR) is 98.4 cm³/mol. The Morgan fingerprint density at radius 1 is 0.783 bits per heavy atom. The van der Waals surface area contributed by atoms with Gasteiger partial charge in [-0.05, 0) is 48.5 Å². The molecular weight excluding hydrogens is 280 g/mol. The van der Waals surface area contributed by atoms with E-state index >= 15 is 0 Å². The van der Waals surface area contributed by atoms with E-state index in [1.54, 1.807) is 0 Å². The Morgan fingerprint density at radius 2 is 1.17 bits per heavy atom. The van der Waals surface area contributed by atoms with Crippen LogP contribution in [0.15, 0.2) is 12.1 Å². The molecule has 2 fully saturated rings. The number of phenolic OH excluding ortho intramolecular Hbond substituents is 1. The van der Waals surface area contributed by atoms with Gasteiger partial charge in [0.25, 0.3) is 0 Å². The molecule has 2 aliphatic rings. The Labute approximate surface area is 142 Å². The Bertz CT molecular complexity index is 500. The zero-order chi connectivity index (χ0) is 16.5. The number of hydrogen-bond donors (Lipinski definition) is 1. The van der Waals surface area contributed by atoms with Crippen molar-refractivity contribution in [3.8, 4) is 5.75 Å². The standard InChI is InChI=1S/C22H34O/c1-4-17-15-18(21(2)11-7-5-8-12-21)20(23)19(16-17)22(3)13-9-6-10-14-22/h15-16,23H,4-14H2,1-3H3. The van der Waals surface area contributed by atoms with E-state index in [9.17, 15) is 5.11 Å². The summed E-state index contributed by atoms with van der Waals surface area (Å²) in [5, 5.41) is 11.2. The summed E-state index contributed by atoms with van der Waals surface area (Å²) >= 11 is 0. The quantitative estimate of drug-likeness (QED) is 0.684. The van der Waals surface area contributed by atoms with Crippen LogP contribution in [0.1, 0.15) is 102 Å². The number of hydrogen-bond acceptors (Lipinski definition) is 1. The van der Waals surface area contributed by atoms with Crippen LogP contribution in [0.25, 0.3) is 0 Å². The molecule has 0 aliphatic heterocycles. The van der Waals surface area contributed by atoms with Crippen molar-refractivity contribution in [2.45, 2.75) is 102 Å². The second-order valence-electron chi connectivity index (χ2n) is 8.64. The van der Waals surface area contributed by atoms with Crippen molar-refractivity contribution in [3.63, 3.8) is 0 Å². The molecule has 0 aromatic heterocycles. The van der Waals surface area contributed by atoms with Crippen LogP contribution in [0, 0.1) is 0 Å². The molecule has 2 aliphatic carbocycles. The summed E-state index contributed by atoms with van der Waals surface area (Å²) in [6, 6.07) is 4.63. The molecule has 0 unspecified atom stereocenters. The van der Waals surface area contributed by atoms with Gasteiger partial charge in [0, 0.05) is 11.1 Å². The van der Waals surface area contributed by atoms with E-state index in [0.29, 0.717) is 5.75 Å². The lowest BCUT2D eigenvalue weighted by molar-refractivity contribution is 0.290. The maximum atomic E-state index is 11.2. The van der Waals surface area contributed by atoms with Gasteiger partial charge in [0.1, 0.15) is 5.75 Å². The van der Waals surface area contributed by atoms with Crippen LogP contribution in [0.2, 0.25) is 0 Å². The first kappa shape index (κ1) is 16.9. The highest BCUT2D eigenvalue weighted by molar-refractivity contribution is 5.51. The van der Waals surface area contributed by atoms with Gasteiger partial charge in [-0.2, -0.15) is 0 Å². The lowest BCUT2D eigenvalue weighted by atomic mass is 9.66. The lowest BCUT2D eigenvalue weighted by Crippen LogP contribution is -2.29. The van der Waals surface area contributed by atoms with Gasteiger partial charge in [0.05, 0.1) is 0 Å². The monoisotopic (exact) mass is 314 g/mol. The number of benzene rings is 1. The van der Waals surface area contributed by atoms with E-state index in [1.807, 2.05) is 0 Å². The van der Waals surface area contributed by atoms with E-state index < -0.39 is 0 Å². The van der Waals surface area contributed by atoms with Crippen molar-refractivity contribution in [1.82, 2.24) is 0 Å². The Hall–Kier alpha value is -0.980. The number of phenols is 1. The second kappa shape index (κ2) is 6.49. The smallest absolute Gasteiger partial charge is 0.123 e. The lowest BCUT2D eigenvalue weighted by Gasteiger charge is -2.39. The van der Waals surface area contributed by atoms with Gasteiger partial charge in [0.15, 0.2) is 0 Å². The molecular formula is C22H34O. The minimum Gasteiger partial charge on any atom is -0.507 e. The first-order valence-corrected chi connectivity index (χ1v) is 9.85. The Kier molecular flexibility index (Phi) is 4.76. The van der Waals surface area contributed by atoms with Gasteiger partial charge < -0.3 is 5.11 Å². The molecule has 1 N–H and O–H groups in total. The van der Waals surface area contributed by atoms with E-state index in [2.05, 4.69) is 32.9 Å². The van der Waals surface area contributed by atoms with E-state index in [4.69, 9.17) is 0 Å². The van der Waals surface area contributed by atoms with Gasteiger partial charge in [-0.1, -0.05) is 71.4 Å². The van der Waals surface area contributed by atoms with Crippen molar-refractivity contribution >= 4 is 0 Å². The third-order valence-corrected chi connectivity index (χ3v) is 6.79. The molecule has 0 amide bonds. The molecule has 0 heterocycles. The van der Waals surface area contributed by atoms with Crippen molar-refractivity contribution < 1.29 is 5.11 Å². The molecule has 0 spiro atoms. The van der Waals surface area contributed by atoms with Crippen LogP contribution in [-0.4, -0.2) is 5.11 Å². The van der Waals surface area contributed by atoms with Crippen LogP contribution in [0.3, 0.4) is 0 Å². The largest absolute Gasteiger partial charge is 0.507 e. The van der Waals surface area contributed by atoms with Gasteiger partial charge >= 0.3 is 0 Å². The zero-order valence-corrected chi connectivity index (χ0v) is 15.4. The molecule has 1 aromatic carbocycles. The molecule has 3 rings (SSSR count). The van der Waals surface area contributed by atoms with E-state index in [1.165, 1.54) is 80.9 Å². The highest BCUT2D eigenvalue weighted by Gasteiger charge is 2.37. The maximum absolute atomic E-state index is 11.2. The topological polar surface area (TPSA) is 20.2 Å². The predicted octanol–water partition coefficient (Wildman–Crippen LogP) is 6.40. The fourth-order valence-electron chi connectivity index (χ4n) is 5.02.